The third-order valence-electron chi connectivity index (χ3n) is 4.75. The van der Waals surface area contributed by atoms with Crippen molar-refractivity contribution in [1.82, 2.24) is 14.5 Å². The zero-order valence-corrected chi connectivity index (χ0v) is 14.9. The lowest BCUT2D eigenvalue weighted by molar-refractivity contribution is 0.206. The number of imidazole rings is 1. The maximum absolute atomic E-state index is 11.0. The molecule has 0 bridgehead atoms. The van der Waals surface area contributed by atoms with Gasteiger partial charge in [0.2, 0.25) is 0 Å². The summed E-state index contributed by atoms with van der Waals surface area (Å²) in [7, 11) is 0. The highest BCUT2D eigenvalue weighted by Gasteiger charge is 2.20. The number of aliphatic hydroxyl groups excluding tert-OH is 1. The van der Waals surface area contributed by atoms with E-state index in [1.807, 2.05) is 42.5 Å². The summed E-state index contributed by atoms with van der Waals surface area (Å²) in [6, 6.07) is 20.0. The van der Waals surface area contributed by atoms with Crippen molar-refractivity contribution in [2.24, 2.45) is 0 Å². The van der Waals surface area contributed by atoms with Gasteiger partial charge in [0.05, 0.1) is 5.52 Å². The average Bonchev–Trinajstić information content (AvgIpc) is 3.03. The number of nitrogens with zero attached hydrogens (tertiary/aromatic N) is 3. The van der Waals surface area contributed by atoms with Gasteiger partial charge in [-0.05, 0) is 42.7 Å². The summed E-state index contributed by atoms with van der Waals surface area (Å²) in [6.45, 7) is 4.85. The first-order chi connectivity index (χ1) is 12.6. The van der Waals surface area contributed by atoms with Crippen molar-refractivity contribution in [3.8, 4) is 0 Å². The molecule has 130 valence electrons. The largest absolute Gasteiger partial charge is 0.380 e. The molecule has 2 heterocycles. The van der Waals surface area contributed by atoms with E-state index in [0.717, 1.165) is 11.1 Å². The van der Waals surface area contributed by atoms with E-state index in [9.17, 15) is 5.11 Å². The molecule has 26 heavy (non-hydrogen) atoms. The third kappa shape index (κ3) is 3.00. The van der Waals surface area contributed by atoms with Crippen molar-refractivity contribution in [1.29, 1.82) is 0 Å². The number of fused-ring (bicyclic) bond motifs is 1. The molecule has 0 radical (unpaired) electrons. The number of benzene rings is 2. The van der Waals surface area contributed by atoms with E-state index in [0.29, 0.717) is 18.0 Å². The normalized spacial score (nSPS) is 12.4. The summed E-state index contributed by atoms with van der Waals surface area (Å²) in [4.78, 5) is 9.02. The highest BCUT2D eigenvalue weighted by molar-refractivity contribution is 5.71. The molecule has 2 aromatic carbocycles. The van der Waals surface area contributed by atoms with Gasteiger partial charge in [0, 0.05) is 12.7 Å². The van der Waals surface area contributed by atoms with Crippen LogP contribution in [0.5, 0.6) is 0 Å². The van der Waals surface area contributed by atoms with Gasteiger partial charge in [-0.15, -0.1) is 0 Å². The fourth-order valence-corrected chi connectivity index (χ4v) is 3.28. The van der Waals surface area contributed by atoms with E-state index in [2.05, 4.69) is 46.6 Å². The zero-order chi connectivity index (χ0) is 18.1. The first-order valence-corrected chi connectivity index (χ1v) is 8.74. The van der Waals surface area contributed by atoms with Gasteiger partial charge >= 0.3 is 0 Å². The minimum Gasteiger partial charge on any atom is -0.380 e. The van der Waals surface area contributed by atoms with Crippen LogP contribution in [-0.4, -0.2) is 19.6 Å². The second-order valence-corrected chi connectivity index (χ2v) is 6.65. The molecule has 0 saturated carbocycles. The Balaban J connectivity index is 1.86. The topological polar surface area (TPSA) is 50.9 Å². The zero-order valence-electron chi connectivity index (χ0n) is 14.9. The van der Waals surface area contributed by atoms with Crippen LogP contribution in [0.2, 0.25) is 0 Å². The van der Waals surface area contributed by atoms with Gasteiger partial charge in [0.15, 0.2) is 5.65 Å². The summed E-state index contributed by atoms with van der Waals surface area (Å²) in [5.41, 5.74) is 6.07. The predicted octanol–water partition coefficient (Wildman–Crippen LogP) is 4.18. The number of rotatable bonds is 4. The molecule has 0 aliphatic heterocycles. The number of aliphatic hydroxyl groups is 1. The standard InChI is InChI=1S/C22H21N3O/c1-15-10-11-16(2)18(13-15)14-25-19-9-6-12-23-21(19)24-22(25)20(26)17-7-4-3-5-8-17/h3-13,20,26H,14H2,1-2H3. The molecule has 0 aliphatic rings. The first kappa shape index (κ1) is 16.5. The van der Waals surface area contributed by atoms with E-state index in [-0.39, 0.29) is 0 Å². The molecule has 1 N–H and O–H groups in total. The van der Waals surface area contributed by atoms with Gasteiger partial charge < -0.3 is 9.67 Å². The average molecular weight is 343 g/mol. The summed E-state index contributed by atoms with van der Waals surface area (Å²) in [6.07, 6.45) is 0.937. The smallest absolute Gasteiger partial charge is 0.178 e. The van der Waals surface area contributed by atoms with Crippen molar-refractivity contribution in [3.05, 3.63) is 94.9 Å². The molecular weight excluding hydrogens is 322 g/mol. The molecule has 0 fully saturated rings. The molecule has 4 nitrogen and oxygen atoms in total. The van der Waals surface area contributed by atoms with E-state index >= 15 is 0 Å². The molecule has 4 rings (SSSR count). The lowest BCUT2D eigenvalue weighted by atomic mass is 10.0. The molecule has 0 aliphatic carbocycles. The van der Waals surface area contributed by atoms with Crippen LogP contribution in [0.1, 0.15) is 34.2 Å². The maximum atomic E-state index is 11.0. The van der Waals surface area contributed by atoms with Gasteiger partial charge in [-0.3, -0.25) is 0 Å². The SMILES string of the molecule is Cc1ccc(C)c(Cn2c(C(O)c3ccccc3)nc3ncccc32)c1. The highest BCUT2D eigenvalue weighted by atomic mass is 16.3. The van der Waals surface area contributed by atoms with Crippen molar-refractivity contribution < 1.29 is 5.11 Å². The van der Waals surface area contributed by atoms with Crippen LogP contribution in [0, 0.1) is 13.8 Å². The Bertz CT molecular complexity index is 1050. The summed E-state index contributed by atoms with van der Waals surface area (Å²) in [5, 5.41) is 11.0. The molecule has 4 heteroatoms. The van der Waals surface area contributed by atoms with Crippen LogP contribution < -0.4 is 0 Å². The fourth-order valence-electron chi connectivity index (χ4n) is 3.28. The number of pyridine rings is 1. The summed E-state index contributed by atoms with van der Waals surface area (Å²) < 4.78 is 2.07. The molecular formula is C22H21N3O. The third-order valence-corrected chi connectivity index (χ3v) is 4.75. The molecule has 0 amide bonds. The van der Waals surface area contributed by atoms with Crippen molar-refractivity contribution >= 4 is 11.2 Å². The molecule has 1 atom stereocenters. The Morgan fingerprint density at radius 3 is 2.62 bits per heavy atom. The van der Waals surface area contributed by atoms with E-state index < -0.39 is 6.10 Å². The monoisotopic (exact) mass is 343 g/mol. The minimum absolute atomic E-state index is 0.616. The Labute approximate surface area is 152 Å². The number of aromatic nitrogens is 3. The molecule has 4 aromatic rings. The van der Waals surface area contributed by atoms with Gasteiger partial charge in [0.25, 0.3) is 0 Å². The molecule has 2 aromatic heterocycles. The van der Waals surface area contributed by atoms with Crippen LogP contribution in [0.3, 0.4) is 0 Å². The molecule has 0 saturated heterocycles. The number of aryl methyl sites for hydroxylation is 2. The van der Waals surface area contributed by atoms with Crippen LogP contribution in [0.15, 0.2) is 66.9 Å². The lowest BCUT2D eigenvalue weighted by Gasteiger charge is -2.16. The first-order valence-electron chi connectivity index (χ1n) is 8.74. The Hall–Kier alpha value is -2.98. The van der Waals surface area contributed by atoms with Gasteiger partial charge in [0.1, 0.15) is 11.9 Å². The van der Waals surface area contributed by atoms with Gasteiger partial charge in [-0.2, -0.15) is 0 Å². The predicted molar refractivity (Wildman–Crippen MR) is 103 cm³/mol. The quantitative estimate of drug-likeness (QED) is 0.605. The van der Waals surface area contributed by atoms with Crippen molar-refractivity contribution in [2.75, 3.05) is 0 Å². The number of hydrogen-bond acceptors (Lipinski definition) is 3. The van der Waals surface area contributed by atoms with Crippen molar-refractivity contribution in [2.45, 2.75) is 26.5 Å². The fraction of sp³-hybridized carbons (Fsp3) is 0.182. The van der Waals surface area contributed by atoms with E-state index in [4.69, 9.17) is 0 Å². The maximum Gasteiger partial charge on any atom is 0.178 e. The van der Waals surface area contributed by atoms with Gasteiger partial charge in [-0.25, -0.2) is 9.97 Å². The Morgan fingerprint density at radius 1 is 1.00 bits per heavy atom. The van der Waals surface area contributed by atoms with Crippen molar-refractivity contribution in [3.63, 3.8) is 0 Å². The Morgan fingerprint density at radius 2 is 1.81 bits per heavy atom. The second kappa shape index (κ2) is 6.73. The van der Waals surface area contributed by atoms with Crippen LogP contribution in [0.4, 0.5) is 0 Å². The molecule has 0 spiro atoms. The number of hydrogen-bond donors (Lipinski definition) is 1. The van der Waals surface area contributed by atoms with Crippen LogP contribution in [-0.2, 0) is 6.54 Å². The van der Waals surface area contributed by atoms with Crippen LogP contribution >= 0.6 is 0 Å². The summed E-state index contributed by atoms with van der Waals surface area (Å²) in [5.74, 6) is 0.616. The van der Waals surface area contributed by atoms with Gasteiger partial charge in [-0.1, -0.05) is 54.1 Å². The summed E-state index contributed by atoms with van der Waals surface area (Å²) >= 11 is 0. The lowest BCUT2D eigenvalue weighted by Crippen LogP contribution is -2.11. The van der Waals surface area contributed by atoms with E-state index in [1.165, 1.54) is 16.7 Å². The van der Waals surface area contributed by atoms with E-state index in [1.54, 1.807) is 6.20 Å². The Kier molecular flexibility index (Phi) is 4.27. The van der Waals surface area contributed by atoms with Crippen LogP contribution in [0.25, 0.3) is 11.2 Å². The second-order valence-electron chi connectivity index (χ2n) is 6.65. The highest BCUT2D eigenvalue weighted by Crippen LogP contribution is 2.26. The molecule has 1 unspecified atom stereocenters. The minimum atomic E-state index is -0.796.